The molecule has 2 unspecified atom stereocenters. The molecule has 2 atom stereocenters. The molecule has 1 aromatic carbocycles. The highest BCUT2D eigenvalue weighted by atomic mass is 35.5. The number of nitrogens with one attached hydrogen (secondary N) is 1. The molecule has 1 aliphatic rings. The lowest BCUT2D eigenvalue weighted by atomic mass is 10.1. The Hall–Kier alpha value is -2.15. The molecule has 33 heavy (non-hydrogen) atoms. The van der Waals surface area contributed by atoms with Crippen LogP contribution in [-0.2, 0) is 4.74 Å². The van der Waals surface area contributed by atoms with Crippen LogP contribution in [0.15, 0.2) is 35.7 Å². The van der Waals surface area contributed by atoms with Crippen molar-refractivity contribution in [3.63, 3.8) is 0 Å². The zero-order valence-electron chi connectivity index (χ0n) is 19.6. The highest BCUT2D eigenvalue weighted by Gasteiger charge is 2.28. The largest absolute Gasteiger partial charge is 0.358 e. The number of nitrogens with zero attached hydrogens (tertiary/aromatic N) is 2. The van der Waals surface area contributed by atoms with E-state index in [4.69, 9.17) is 21.3 Å². The number of carbonyl (C=O) groups excluding carboxylic acids is 1. The van der Waals surface area contributed by atoms with Crippen LogP contribution < -0.4 is 5.32 Å². The van der Waals surface area contributed by atoms with Crippen LogP contribution in [-0.4, -0.2) is 28.1 Å². The molecule has 2 aromatic heterocycles. The van der Waals surface area contributed by atoms with Crippen LogP contribution in [0.3, 0.4) is 0 Å². The van der Waals surface area contributed by atoms with E-state index in [1.807, 2.05) is 42.6 Å². The van der Waals surface area contributed by atoms with Crippen LogP contribution in [0.5, 0.6) is 0 Å². The van der Waals surface area contributed by atoms with Crippen LogP contribution in [0.1, 0.15) is 74.7 Å². The van der Waals surface area contributed by atoms with Crippen LogP contribution in [0.4, 0.5) is 0 Å². The third-order valence-corrected chi connectivity index (χ3v) is 7.54. The van der Waals surface area contributed by atoms with E-state index in [9.17, 15) is 4.79 Å². The van der Waals surface area contributed by atoms with E-state index < -0.39 is 0 Å². The van der Waals surface area contributed by atoms with Crippen molar-refractivity contribution in [2.45, 2.75) is 71.6 Å². The van der Waals surface area contributed by atoms with Crippen molar-refractivity contribution in [1.29, 1.82) is 0 Å². The molecule has 1 aliphatic heterocycles. The maximum atomic E-state index is 13.3. The van der Waals surface area contributed by atoms with Crippen molar-refractivity contribution in [3.05, 3.63) is 52.0 Å². The number of benzene rings is 1. The minimum atomic E-state index is -0.0749. The summed E-state index contributed by atoms with van der Waals surface area (Å²) in [4.78, 5) is 18.2. The predicted molar refractivity (Wildman–Crippen MR) is 136 cm³/mol. The number of unbranched alkanes of at least 4 members (excludes halogenated alkanes) is 1. The van der Waals surface area contributed by atoms with E-state index in [0.717, 1.165) is 72.8 Å². The van der Waals surface area contributed by atoms with Gasteiger partial charge in [0, 0.05) is 29.3 Å². The van der Waals surface area contributed by atoms with Crippen molar-refractivity contribution >= 4 is 28.8 Å². The first-order valence-corrected chi connectivity index (χ1v) is 13.1. The summed E-state index contributed by atoms with van der Waals surface area (Å²) in [6.07, 6.45) is 6.04. The quantitative estimate of drug-likeness (QED) is 0.347. The Morgan fingerprint density at radius 3 is 2.88 bits per heavy atom. The fourth-order valence-electron chi connectivity index (χ4n) is 4.43. The standard InChI is InChI=1S/C26H32ClN3O2S/c1-4-6-10-18(5-2)28-25(31)20-15-23(30(17(20)3)24-13-9-14-32-24)22-16-33-26(29-22)19-11-7-8-12-21(19)27/h7-8,11-12,15-16,18,24H,4-6,9-10,13-14H2,1-3H3,(H,28,31). The molecule has 1 amide bonds. The van der Waals surface area contributed by atoms with Gasteiger partial charge in [-0.15, -0.1) is 11.3 Å². The number of hydrogen-bond acceptors (Lipinski definition) is 4. The average Bonchev–Trinajstić information content (AvgIpc) is 3.56. The first-order chi connectivity index (χ1) is 16.0. The third kappa shape index (κ3) is 5.18. The van der Waals surface area contributed by atoms with Gasteiger partial charge in [-0.25, -0.2) is 4.98 Å². The summed E-state index contributed by atoms with van der Waals surface area (Å²) in [5.74, 6) is -0.0185. The van der Waals surface area contributed by atoms with Gasteiger partial charge >= 0.3 is 0 Å². The Balaban J connectivity index is 1.69. The lowest BCUT2D eigenvalue weighted by Gasteiger charge is -2.19. The minimum absolute atomic E-state index is 0.0185. The molecule has 0 spiro atoms. The summed E-state index contributed by atoms with van der Waals surface area (Å²) < 4.78 is 8.18. The summed E-state index contributed by atoms with van der Waals surface area (Å²) in [5.41, 5.74) is 4.29. The molecule has 0 aliphatic carbocycles. The number of rotatable bonds is 9. The lowest BCUT2D eigenvalue weighted by molar-refractivity contribution is 0.0565. The second-order valence-corrected chi connectivity index (χ2v) is 9.87. The summed E-state index contributed by atoms with van der Waals surface area (Å²) in [6.45, 7) is 7.05. The Morgan fingerprint density at radius 1 is 1.36 bits per heavy atom. The second kappa shape index (κ2) is 10.9. The van der Waals surface area contributed by atoms with Gasteiger partial charge in [0.25, 0.3) is 5.91 Å². The normalized spacial score (nSPS) is 16.8. The second-order valence-electron chi connectivity index (χ2n) is 8.60. The van der Waals surface area contributed by atoms with Crippen molar-refractivity contribution in [2.75, 3.05) is 6.61 Å². The van der Waals surface area contributed by atoms with E-state index in [1.165, 1.54) is 0 Å². The van der Waals surface area contributed by atoms with Crippen LogP contribution >= 0.6 is 22.9 Å². The maximum absolute atomic E-state index is 13.3. The van der Waals surface area contributed by atoms with Gasteiger partial charge < -0.3 is 14.6 Å². The number of thiazole rings is 1. The first-order valence-electron chi connectivity index (χ1n) is 11.9. The summed E-state index contributed by atoms with van der Waals surface area (Å²) in [6, 6.07) is 9.91. The van der Waals surface area contributed by atoms with Gasteiger partial charge in [0.15, 0.2) is 0 Å². The molecule has 5 nitrogen and oxygen atoms in total. The Morgan fingerprint density at radius 2 is 2.18 bits per heavy atom. The Kier molecular flexibility index (Phi) is 7.89. The number of hydrogen-bond donors (Lipinski definition) is 1. The molecule has 0 bridgehead atoms. The number of ether oxygens (including phenoxy) is 1. The third-order valence-electron chi connectivity index (χ3n) is 6.34. The molecule has 3 aromatic rings. The molecular formula is C26H32ClN3O2S. The zero-order chi connectivity index (χ0) is 23.4. The van der Waals surface area contributed by atoms with E-state index in [1.54, 1.807) is 11.3 Å². The molecule has 1 saturated heterocycles. The number of aromatic nitrogens is 2. The molecule has 176 valence electrons. The highest BCUT2D eigenvalue weighted by molar-refractivity contribution is 7.13. The average molecular weight is 486 g/mol. The van der Waals surface area contributed by atoms with Gasteiger partial charge in [-0.1, -0.05) is 56.5 Å². The molecule has 3 heterocycles. The van der Waals surface area contributed by atoms with E-state index in [-0.39, 0.29) is 18.2 Å². The van der Waals surface area contributed by atoms with Crippen molar-refractivity contribution in [1.82, 2.24) is 14.9 Å². The van der Waals surface area contributed by atoms with Crippen LogP contribution in [0.25, 0.3) is 22.0 Å². The van der Waals surface area contributed by atoms with Gasteiger partial charge in [0.1, 0.15) is 11.2 Å². The van der Waals surface area contributed by atoms with Gasteiger partial charge in [-0.3, -0.25) is 4.79 Å². The molecule has 4 rings (SSSR count). The smallest absolute Gasteiger partial charge is 0.253 e. The molecular weight excluding hydrogens is 454 g/mol. The van der Waals surface area contributed by atoms with E-state index in [0.29, 0.717) is 10.6 Å². The zero-order valence-corrected chi connectivity index (χ0v) is 21.1. The van der Waals surface area contributed by atoms with E-state index >= 15 is 0 Å². The monoisotopic (exact) mass is 485 g/mol. The number of carbonyl (C=O) groups is 1. The van der Waals surface area contributed by atoms with Gasteiger partial charge in [-0.2, -0.15) is 0 Å². The summed E-state index contributed by atoms with van der Waals surface area (Å²) in [7, 11) is 0. The summed E-state index contributed by atoms with van der Waals surface area (Å²) >= 11 is 7.97. The van der Waals surface area contributed by atoms with Gasteiger partial charge in [-0.05, 0) is 44.7 Å². The predicted octanol–water partition coefficient (Wildman–Crippen LogP) is 7.25. The number of halogens is 1. The molecule has 1 fully saturated rings. The van der Waals surface area contributed by atoms with Crippen LogP contribution in [0.2, 0.25) is 5.02 Å². The molecule has 0 radical (unpaired) electrons. The number of amides is 1. The SMILES string of the molecule is CCCCC(CC)NC(=O)c1cc(-c2csc(-c3ccccc3Cl)n2)n(C2CCCO2)c1C. The van der Waals surface area contributed by atoms with E-state index in [2.05, 4.69) is 23.7 Å². The topological polar surface area (TPSA) is 56.2 Å². The lowest BCUT2D eigenvalue weighted by Crippen LogP contribution is -2.34. The molecule has 7 heteroatoms. The fourth-order valence-corrected chi connectivity index (χ4v) is 5.56. The minimum Gasteiger partial charge on any atom is -0.358 e. The fraction of sp³-hybridized carbons (Fsp3) is 0.462. The first kappa shape index (κ1) is 24.0. The highest BCUT2D eigenvalue weighted by Crippen LogP contribution is 2.37. The maximum Gasteiger partial charge on any atom is 0.253 e. The van der Waals surface area contributed by atoms with Crippen molar-refractivity contribution < 1.29 is 9.53 Å². The van der Waals surface area contributed by atoms with Crippen LogP contribution in [0, 0.1) is 6.92 Å². The van der Waals surface area contributed by atoms with Crippen molar-refractivity contribution in [2.24, 2.45) is 0 Å². The molecule has 0 saturated carbocycles. The molecule has 1 N–H and O–H groups in total. The Labute approximate surface area is 205 Å². The van der Waals surface area contributed by atoms with Crippen molar-refractivity contribution in [3.8, 4) is 22.0 Å². The summed E-state index contributed by atoms with van der Waals surface area (Å²) in [5, 5.41) is 6.84. The Bertz CT molecular complexity index is 1100. The van der Waals surface area contributed by atoms with Gasteiger partial charge in [0.2, 0.25) is 0 Å². The van der Waals surface area contributed by atoms with Gasteiger partial charge in [0.05, 0.1) is 22.0 Å².